The molecule has 1 atom stereocenters. The molecule has 0 spiro atoms. The quantitative estimate of drug-likeness (QED) is 0.614. The summed E-state index contributed by atoms with van der Waals surface area (Å²) in [5, 5.41) is 14.0. The summed E-state index contributed by atoms with van der Waals surface area (Å²) in [5.41, 5.74) is 4.01. The Bertz CT molecular complexity index is 974. The van der Waals surface area contributed by atoms with Gasteiger partial charge in [0.1, 0.15) is 0 Å². The van der Waals surface area contributed by atoms with Crippen LogP contribution in [0.1, 0.15) is 35.7 Å². The second kappa shape index (κ2) is 7.64. The maximum absolute atomic E-state index is 12.9. The highest BCUT2D eigenvalue weighted by molar-refractivity contribution is 5.90. The van der Waals surface area contributed by atoms with Gasteiger partial charge >= 0.3 is 0 Å². The first-order valence-corrected chi connectivity index (χ1v) is 9.58. The van der Waals surface area contributed by atoms with Crippen molar-refractivity contribution in [2.75, 3.05) is 7.11 Å². The highest BCUT2D eigenvalue weighted by Gasteiger charge is 2.36. The molecule has 1 unspecified atom stereocenters. The molecule has 1 aromatic carbocycles. The SMILES string of the molecule is COc1ccc(C(NC(=O)Cc2c(C)[nH]c3ccccc23)C2CC(O)C2)cn1. The van der Waals surface area contributed by atoms with E-state index in [4.69, 9.17) is 4.74 Å². The number of benzene rings is 1. The zero-order valence-electron chi connectivity index (χ0n) is 16.1. The number of methoxy groups -OCH3 is 1. The molecule has 0 aliphatic heterocycles. The number of aliphatic hydroxyl groups is 1. The predicted molar refractivity (Wildman–Crippen MR) is 107 cm³/mol. The van der Waals surface area contributed by atoms with Gasteiger partial charge in [0, 0.05) is 28.9 Å². The van der Waals surface area contributed by atoms with Crippen molar-refractivity contribution in [2.45, 2.75) is 38.3 Å². The van der Waals surface area contributed by atoms with E-state index in [-0.39, 0.29) is 24.0 Å². The number of aromatic nitrogens is 2. The van der Waals surface area contributed by atoms with Crippen molar-refractivity contribution in [3.8, 4) is 5.88 Å². The van der Waals surface area contributed by atoms with Gasteiger partial charge in [0.2, 0.25) is 11.8 Å². The molecular formula is C22H25N3O3. The highest BCUT2D eigenvalue weighted by Crippen LogP contribution is 2.38. The number of H-pyrrole nitrogens is 1. The van der Waals surface area contributed by atoms with Crippen molar-refractivity contribution < 1.29 is 14.6 Å². The van der Waals surface area contributed by atoms with Crippen LogP contribution in [0.3, 0.4) is 0 Å². The zero-order valence-corrected chi connectivity index (χ0v) is 16.1. The van der Waals surface area contributed by atoms with E-state index in [2.05, 4.69) is 15.3 Å². The molecule has 28 heavy (non-hydrogen) atoms. The lowest BCUT2D eigenvalue weighted by Gasteiger charge is -2.38. The van der Waals surface area contributed by atoms with Crippen molar-refractivity contribution in [1.82, 2.24) is 15.3 Å². The number of rotatable bonds is 6. The average Bonchev–Trinajstić information content (AvgIpc) is 2.99. The van der Waals surface area contributed by atoms with Crippen LogP contribution < -0.4 is 10.1 Å². The Hall–Kier alpha value is -2.86. The molecule has 1 amide bonds. The smallest absolute Gasteiger partial charge is 0.225 e. The molecule has 0 bridgehead atoms. The molecule has 2 heterocycles. The van der Waals surface area contributed by atoms with Crippen molar-refractivity contribution in [3.05, 3.63) is 59.4 Å². The summed E-state index contributed by atoms with van der Waals surface area (Å²) in [6, 6.07) is 11.6. The van der Waals surface area contributed by atoms with Gasteiger partial charge in [-0.25, -0.2) is 4.98 Å². The van der Waals surface area contributed by atoms with Gasteiger partial charge in [0.15, 0.2) is 0 Å². The molecule has 1 aliphatic rings. The summed E-state index contributed by atoms with van der Waals surface area (Å²) >= 11 is 0. The van der Waals surface area contributed by atoms with Crippen molar-refractivity contribution in [3.63, 3.8) is 0 Å². The first kappa shape index (κ1) is 18.5. The fourth-order valence-electron chi connectivity index (χ4n) is 4.02. The minimum Gasteiger partial charge on any atom is -0.481 e. The van der Waals surface area contributed by atoms with Crippen LogP contribution in [0.15, 0.2) is 42.6 Å². The number of nitrogens with zero attached hydrogens (tertiary/aromatic N) is 1. The van der Waals surface area contributed by atoms with Gasteiger partial charge < -0.3 is 20.1 Å². The van der Waals surface area contributed by atoms with Gasteiger partial charge in [-0.2, -0.15) is 0 Å². The second-order valence-electron chi connectivity index (χ2n) is 7.52. The van der Waals surface area contributed by atoms with Crippen LogP contribution in [0, 0.1) is 12.8 Å². The van der Waals surface area contributed by atoms with E-state index < -0.39 is 0 Å². The molecule has 4 rings (SSSR count). The molecule has 146 valence electrons. The monoisotopic (exact) mass is 379 g/mol. The largest absolute Gasteiger partial charge is 0.481 e. The van der Waals surface area contributed by atoms with Crippen LogP contribution in [0.2, 0.25) is 0 Å². The lowest BCUT2D eigenvalue weighted by molar-refractivity contribution is -0.122. The van der Waals surface area contributed by atoms with Gasteiger partial charge in [0.05, 0.1) is 25.7 Å². The molecule has 3 aromatic rings. The van der Waals surface area contributed by atoms with Crippen LogP contribution in [0.5, 0.6) is 5.88 Å². The molecule has 1 fully saturated rings. The predicted octanol–water partition coefficient (Wildman–Crippen LogP) is 3.05. The third kappa shape index (κ3) is 3.60. The Morgan fingerprint density at radius 3 is 2.79 bits per heavy atom. The molecule has 0 radical (unpaired) electrons. The third-order valence-corrected chi connectivity index (χ3v) is 5.63. The Balaban J connectivity index is 1.54. The Morgan fingerprint density at radius 2 is 2.11 bits per heavy atom. The van der Waals surface area contributed by atoms with Gasteiger partial charge in [-0.3, -0.25) is 4.79 Å². The van der Waals surface area contributed by atoms with E-state index in [1.807, 2.05) is 37.3 Å². The topological polar surface area (TPSA) is 87.2 Å². The van der Waals surface area contributed by atoms with Gasteiger partial charge in [-0.15, -0.1) is 0 Å². The number of hydrogen-bond donors (Lipinski definition) is 3. The van der Waals surface area contributed by atoms with Gasteiger partial charge in [-0.1, -0.05) is 24.3 Å². The zero-order chi connectivity index (χ0) is 19.7. The number of hydrogen-bond acceptors (Lipinski definition) is 4. The Kier molecular flexibility index (Phi) is 5.05. The molecule has 6 heteroatoms. The molecule has 1 saturated carbocycles. The summed E-state index contributed by atoms with van der Waals surface area (Å²) in [4.78, 5) is 20.5. The number of aliphatic hydroxyl groups excluding tert-OH is 1. The number of pyridine rings is 1. The van der Waals surface area contributed by atoms with E-state index in [0.717, 1.165) is 27.7 Å². The van der Waals surface area contributed by atoms with E-state index in [1.165, 1.54) is 0 Å². The van der Waals surface area contributed by atoms with Crippen molar-refractivity contribution in [2.24, 2.45) is 5.92 Å². The number of nitrogens with one attached hydrogen (secondary N) is 2. The highest BCUT2D eigenvalue weighted by atomic mass is 16.5. The van der Waals surface area contributed by atoms with E-state index in [0.29, 0.717) is 25.1 Å². The van der Waals surface area contributed by atoms with Crippen molar-refractivity contribution in [1.29, 1.82) is 0 Å². The van der Waals surface area contributed by atoms with Crippen LogP contribution in [0.25, 0.3) is 10.9 Å². The minimum absolute atomic E-state index is 0.0324. The number of para-hydroxylation sites is 1. The summed E-state index contributed by atoms with van der Waals surface area (Å²) in [5.74, 6) is 0.713. The number of aromatic amines is 1. The first-order chi connectivity index (χ1) is 13.5. The summed E-state index contributed by atoms with van der Waals surface area (Å²) in [7, 11) is 1.58. The summed E-state index contributed by atoms with van der Waals surface area (Å²) in [6.07, 6.45) is 3.13. The maximum Gasteiger partial charge on any atom is 0.225 e. The van der Waals surface area contributed by atoms with E-state index in [1.54, 1.807) is 19.4 Å². The maximum atomic E-state index is 12.9. The fourth-order valence-corrected chi connectivity index (χ4v) is 4.02. The Labute approximate surface area is 163 Å². The fraction of sp³-hybridized carbons (Fsp3) is 0.364. The van der Waals surface area contributed by atoms with Crippen LogP contribution in [-0.2, 0) is 11.2 Å². The lowest BCUT2D eigenvalue weighted by atomic mass is 9.75. The normalized spacial score (nSPS) is 19.8. The number of fused-ring (bicyclic) bond motifs is 1. The number of ether oxygens (including phenoxy) is 1. The molecule has 1 aliphatic carbocycles. The van der Waals surface area contributed by atoms with E-state index in [9.17, 15) is 9.90 Å². The molecule has 3 N–H and O–H groups in total. The Morgan fingerprint density at radius 1 is 1.32 bits per heavy atom. The number of aryl methyl sites for hydroxylation is 1. The standard InChI is InChI=1S/C22H25N3O3/c1-13-18(17-5-3-4-6-19(17)24-13)11-20(27)25-22(15-9-16(26)10-15)14-7-8-21(28-2)23-12-14/h3-8,12,15-16,22,24,26H,9-11H2,1-2H3,(H,25,27). The van der Waals surface area contributed by atoms with E-state index >= 15 is 0 Å². The van der Waals surface area contributed by atoms with Crippen LogP contribution >= 0.6 is 0 Å². The number of carbonyl (C=O) groups excluding carboxylic acids is 1. The minimum atomic E-state index is -0.286. The number of amides is 1. The second-order valence-corrected chi connectivity index (χ2v) is 7.52. The van der Waals surface area contributed by atoms with Gasteiger partial charge in [0.25, 0.3) is 0 Å². The first-order valence-electron chi connectivity index (χ1n) is 9.58. The lowest BCUT2D eigenvalue weighted by Crippen LogP contribution is -2.42. The molecule has 2 aromatic heterocycles. The van der Waals surface area contributed by atoms with Crippen molar-refractivity contribution >= 4 is 16.8 Å². The molecule has 6 nitrogen and oxygen atoms in total. The average molecular weight is 379 g/mol. The molecule has 0 saturated heterocycles. The third-order valence-electron chi connectivity index (χ3n) is 5.63. The van der Waals surface area contributed by atoms with Crippen LogP contribution in [-0.4, -0.2) is 34.2 Å². The summed E-state index contributed by atoms with van der Waals surface area (Å²) < 4.78 is 5.13. The van der Waals surface area contributed by atoms with Gasteiger partial charge in [-0.05, 0) is 42.9 Å². The summed E-state index contributed by atoms with van der Waals surface area (Å²) in [6.45, 7) is 2.00. The number of carbonyl (C=O) groups is 1. The molecular weight excluding hydrogens is 354 g/mol. The van der Waals surface area contributed by atoms with Crippen LogP contribution in [0.4, 0.5) is 0 Å².